The maximum Gasteiger partial charge on any atom is 0.247 e. The molecule has 1 atom stereocenters. The van der Waals surface area contributed by atoms with Crippen LogP contribution in [0, 0.1) is 0 Å². The van der Waals surface area contributed by atoms with Gasteiger partial charge < -0.3 is 15.4 Å². The molecule has 3 rings (SSSR count). The number of rotatable bonds is 9. The molecule has 0 saturated carbocycles. The summed E-state index contributed by atoms with van der Waals surface area (Å²) in [5.74, 6) is 0.128. The van der Waals surface area contributed by atoms with Crippen LogP contribution < -0.4 is 20.3 Å². The first-order chi connectivity index (χ1) is 15.9. The Bertz CT molecular complexity index is 1020. The molecule has 0 aromatic heterocycles. The largest absolute Gasteiger partial charge is 0.494 e. The molecule has 9 heteroatoms. The van der Waals surface area contributed by atoms with Crippen molar-refractivity contribution in [3.8, 4) is 5.75 Å². The third-order valence-electron chi connectivity index (χ3n) is 5.00. The number of carbonyl (C=O) groups is 2. The van der Waals surface area contributed by atoms with Crippen LogP contribution in [0.4, 0.5) is 11.4 Å². The molecule has 1 fully saturated rings. The maximum atomic E-state index is 12.8. The third-order valence-corrected chi connectivity index (χ3v) is 5.98. The summed E-state index contributed by atoms with van der Waals surface area (Å²) in [7, 11) is 3.94. The lowest BCUT2D eigenvalue weighted by Gasteiger charge is -2.15. The second kappa shape index (κ2) is 11.5. The van der Waals surface area contributed by atoms with Crippen LogP contribution in [0.1, 0.15) is 31.7 Å². The van der Waals surface area contributed by atoms with Gasteiger partial charge in [0.1, 0.15) is 11.0 Å². The van der Waals surface area contributed by atoms with Crippen molar-refractivity contribution >= 4 is 46.3 Å². The fraction of sp³-hybridized carbons (Fsp3) is 0.333. The van der Waals surface area contributed by atoms with Crippen LogP contribution in [0.2, 0.25) is 0 Å². The Morgan fingerprint density at radius 3 is 2.52 bits per heavy atom. The van der Waals surface area contributed by atoms with E-state index in [1.165, 1.54) is 4.90 Å². The van der Waals surface area contributed by atoms with E-state index in [9.17, 15) is 9.59 Å². The Labute approximate surface area is 198 Å². The highest BCUT2D eigenvalue weighted by molar-refractivity contribution is 8.14. The second-order valence-corrected chi connectivity index (χ2v) is 8.97. The van der Waals surface area contributed by atoms with Gasteiger partial charge in [-0.15, -0.1) is 5.10 Å². The van der Waals surface area contributed by atoms with Gasteiger partial charge in [-0.3, -0.25) is 9.59 Å². The summed E-state index contributed by atoms with van der Waals surface area (Å²) in [5.41, 5.74) is 8.42. The third kappa shape index (κ3) is 6.58. The van der Waals surface area contributed by atoms with E-state index in [4.69, 9.17) is 10.5 Å². The summed E-state index contributed by atoms with van der Waals surface area (Å²) in [5, 5.41) is 7.46. The highest BCUT2D eigenvalue weighted by Crippen LogP contribution is 2.30. The first-order valence-electron chi connectivity index (χ1n) is 10.8. The predicted octanol–water partition coefficient (Wildman–Crippen LogP) is 3.65. The van der Waals surface area contributed by atoms with Crippen LogP contribution in [0.15, 0.2) is 58.7 Å². The molecule has 2 N–H and O–H groups in total. The minimum atomic E-state index is -0.628. The highest BCUT2D eigenvalue weighted by atomic mass is 32.2. The summed E-state index contributed by atoms with van der Waals surface area (Å²) >= 11 is 1.05. The van der Waals surface area contributed by atoms with Gasteiger partial charge in [0, 0.05) is 26.2 Å². The van der Waals surface area contributed by atoms with E-state index in [2.05, 4.69) is 17.1 Å². The molecule has 1 aliphatic heterocycles. The fourth-order valence-corrected chi connectivity index (χ4v) is 3.99. The minimum absolute atomic E-state index is 0.0597. The summed E-state index contributed by atoms with van der Waals surface area (Å²) < 4.78 is 5.64. The Morgan fingerprint density at radius 1 is 1.18 bits per heavy atom. The lowest BCUT2D eigenvalue weighted by atomic mass is 10.2. The van der Waals surface area contributed by atoms with Gasteiger partial charge in [-0.05, 0) is 48.4 Å². The summed E-state index contributed by atoms with van der Waals surface area (Å²) in [4.78, 5) is 28.5. The van der Waals surface area contributed by atoms with Crippen molar-refractivity contribution in [1.82, 2.24) is 0 Å². The Balaban J connectivity index is 1.58. The van der Waals surface area contributed by atoms with Crippen LogP contribution in [-0.4, -0.2) is 49.1 Å². The van der Waals surface area contributed by atoms with Gasteiger partial charge in [0.25, 0.3) is 0 Å². The number of thioether (sulfide) groups is 1. The zero-order valence-electron chi connectivity index (χ0n) is 19.1. The molecule has 2 amide bonds. The number of amides is 2. The van der Waals surface area contributed by atoms with Gasteiger partial charge in [-0.1, -0.05) is 37.2 Å². The van der Waals surface area contributed by atoms with Gasteiger partial charge in [-0.2, -0.15) is 5.10 Å². The van der Waals surface area contributed by atoms with Crippen molar-refractivity contribution in [1.29, 1.82) is 0 Å². The van der Waals surface area contributed by atoms with Crippen molar-refractivity contribution in [2.75, 3.05) is 30.5 Å². The van der Waals surface area contributed by atoms with E-state index in [-0.39, 0.29) is 23.4 Å². The van der Waals surface area contributed by atoms with Crippen molar-refractivity contribution in [2.45, 2.75) is 31.4 Å². The Kier molecular flexibility index (Phi) is 8.48. The van der Waals surface area contributed by atoms with Gasteiger partial charge >= 0.3 is 0 Å². The Hall–Kier alpha value is -3.33. The van der Waals surface area contributed by atoms with Crippen LogP contribution in [0.5, 0.6) is 5.75 Å². The molecular formula is C24H29N5O3S. The molecule has 0 unspecified atom stereocenters. The number of ether oxygens (including phenoxy) is 1. The van der Waals surface area contributed by atoms with Gasteiger partial charge in [-0.25, -0.2) is 4.90 Å². The number of hydrogen-bond donors (Lipinski definition) is 1. The average molecular weight is 468 g/mol. The van der Waals surface area contributed by atoms with E-state index in [1.807, 2.05) is 43.3 Å². The van der Waals surface area contributed by atoms with Crippen molar-refractivity contribution < 1.29 is 14.3 Å². The molecule has 0 aliphatic carbocycles. The van der Waals surface area contributed by atoms with Crippen molar-refractivity contribution in [3.63, 3.8) is 0 Å². The lowest BCUT2D eigenvalue weighted by Crippen LogP contribution is -2.31. The Morgan fingerprint density at radius 2 is 1.88 bits per heavy atom. The maximum absolute atomic E-state index is 12.8. The molecule has 0 spiro atoms. The number of carbonyl (C=O) groups excluding carboxylic acids is 2. The summed E-state index contributed by atoms with van der Waals surface area (Å²) in [6.07, 6.45) is 3.67. The number of nitrogens with two attached hydrogens (primary N) is 1. The molecule has 1 aliphatic rings. The molecule has 1 heterocycles. The number of nitrogens with zero attached hydrogens (tertiary/aromatic N) is 4. The normalized spacial score (nSPS) is 16.6. The summed E-state index contributed by atoms with van der Waals surface area (Å²) in [6, 6.07) is 14.8. The minimum Gasteiger partial charge on any atom is -0.494 e. The molecule has 174 valence electrons. The zero-order chi connectivity index (χ0) is 23.8. The molecule has 0 bridgehead atoms. The molecule has 2 aromatic carbocycles. The molecular weight excluding hydrogens is 438 g/mol. The van der Waals surface area contributed by atoms with E-state index in [0.717, 1.165) is 35.9 Å². The van der Waals surface area contributed by atoms with E-state index in [0.29, 0.717) is 18.0 Å². The zero-order valence-corrected chi connectivity index (χ0v) is 19.9. The van der Waals surface area contributed by atoms with Crippen LogP contribution in [0.25, 0.3) is 0 Å². The van der Waals surface area contributed by atoms with Crippen LogP contribution in [0.3, 0.4) is 0 Å². The van der Waals surface area contributed by atoms with Crippen LogP contribution >= 0.6 is 11.8 Å². The van der Waals surface area contributed by atoms with Gasteiger partial charge in [0.2, 0.25) is 11.8 Å². The molecule has 33 heavy (non-hydrogen) atoms. The van der Waals surface area contributed by atoms with E-state index < -0.39 is 5.25 Å². The number of amidine groups is 1. The predicted molar refractivity (Wildman–Crippen MR) is 135 cm³/mol. The number of benzene rings is 2. The van der Waals surface area contributed by atoms with E-state index in [1.54, 1.807) is 30.5 Å². The monoisotopic (exact) mass is 467 g/mol. The van der Waals surface area contributed by atoms with Gasteiger partial charge in [0.15, 0.2) is 5.17 Å². The number of anilines is 2. The fourth-order valence-electron chi connectivity index (χ4n) is 3.17. The first-order valence-corrected chi connectivity index (χ1v) is 11.7. The number of unbranched alkanes of at least 4 members (excludes halogenated alkanes) is 1. The highest BCUT2D eigenvalue weighted by Gasteiger charge is 2.40. The molecule has 8 nitrogen and oxygen atoms in total. The van der Waals surface area contributed by atoms with Crippen LogP contribution in [-0.2, 0) is 9.59 Å². The number of hydrogen-bond acceptors (Lipinski definition) is 7. The SMILES string of the molecule is CCCCOc1ccc(N2C(=O)C[C@H](SC(N)=N/N=C\c3ccc(N(C)C)cc3)C2=O)cc1. The van der Waals surface area contributed by atoms with Gasteiger partial charge in [0.05, 0.1) is 18.5 Å². The molecule has 0 radical (unpaired) electrons. The van der Waals surface area contributed by atoms with E-state index >= 15 is 0 Å². The lowest BCUT2D eigenvalue weighted by molar-refractivity contribution is -0.121. The topological polar surface area (TPSA) is 101 Å². The average Bonchev–Trinajstić information content (AvgIpc) is 3.07. The standard InChI is InChI=1S/C24H29N5O3S/c1-4-5-14-32-20-12-10-19(11-13-20)29-22(30)15-21(23(29)31)33-24(25)27-26-16-17-6-8-18(9-7-17)28(2)3/h6-13,16,21H,4-5,14-15H2,1-3H3,(H2,25,27)/b26-16-/t21-/m0/s1. The quantitative estimate of drug-likeness (QED) is 0.199. The van der Waals surface area contributed by atoms with Crippen molar-refractivity contribution in [3.05, 3.63) is 54.1 Å². The second-order valence-electron chi connectivity index (χ2n) is 7.74. The first kappa shape index (κ1) is 24.3. The smallest absolute Gasteiger partial charge is 0.247 e. The molecule has 1 saturated heterocycles. The van der Waals surface area contributed by atoms with Crippen molar-refractivity contribution in [2.24, 2.45) is 15.9 Å². The summed E-state index contributed by atoms with van der Waals surface area (Å²) in [6.45, 7) is 2.73. The number of imide groups is 1. The molecule has 2 aromatic rings.